The zero-order valence-electron chi connectivity index (χ0n) is 12.9. The van der Waals surface area contributed by atoms with Gasteiger partial charge in [-0.1, -0.05) is 6.07 Å². The van der Waals surface area contributed by atoms with Crippen molar-refractivity contribution < 1.29 is 4.74 Å². The summed E-state index contributed by atoms with van der Waals surface area (Å²) in [5.41, 5.74) is 5.82. The van der Waals surface area contributed by atoms with Crippen LogP contribution < -0.4 is 10.1 Å². The van der Waals surface area contributed by atoms with Crippen LogP contribution >= 0.6 is 0 Å². The molecule has 0 amide bonds. The highest BCUT2D eigenvalue weighted by Gasteiger charge is 2.09. The highest BCUT2D eigenvalue weighted by Crippen LogP contribution is 2.29. The lowest BCUT2D eigenvalue weighted by molar-refractivity contribution is 0.454. The predicted molar refractivity (Wildman–Crippen MR) is 82.5 cm³/mol. The lowest BCUT2D eigenvalue weighted by atomic mass is 10.1. The minimum atomic E-state index is 0.679. The lowest BCUT2D eigenvalue weighted by Crippen LogP contribution is -2.06. The maximum absolute atomic E-state index is 6.00. The van der Waals surface area contributed by atoms with Crippen molar-refractivity contribution in [2.45, 2.75) is 34.2 Å². The van der Waals surface area contributed by atoms with Gasteiger partial charge >= 0.3 is 0 Å². The van der Waals surface area contributed by atoms with E-state index < -0.39 is 0 Å². The Labute approximate surface area is 121 Å². The topological polar surface area (TPSA) is 34.2 Å². The summed E-state index contributed by atoms with van der Waals surface area (Å²) >= 11 is 0. The van der Waals surface area contributed by atoms with Gasteiger partial charge in [0.1, 0.15) is 5.75 Å². The average molecular weight is 270 g/mol. The summed E-state index contributed by atoms with van der Waals surface area (Å²) in [5, 5.41) is 3.12. The summed E-state index contributed by atoms with van der Waals surface area (Å²) in [4.78, 5) is 4.43. The second-order valence-electron chi connectivity index (χ2n) is 5.30. The van der Waals surface area contributed by atoms with E-state index in [-0.39, 0.29) is 0 Å². The van der Waals surface area contributed by atoms with Crippen molar-refractivity contribution in [3.63, 3.8) is 0 Å². The SMILES string of the molecule is CNCc1cnc(Oc2cc(C)cc(C)c2C)c(C)c1. The number of aryl methyl sites for hydroxylation is 3. The first-order valence-corrected chi connectivity index (χ1v) is 6.87. The number of hydrogen-bond acceptors (Lipinski definition) is 3. The second-order valence-corrected chi connectivity index (χ2v) is 5.30. The summed E-state index contributed by atoms with van der Waals surface area (Å²) in [6, 6.07) is 6.33. The van der Waals surface area contributed by atoms with Gasteiger partial charge in [-0.15, -0.1) is 0 Å². The van der Waals surface area contributed by atoms with Gasteiger partial charge in [0.05, 0.1) is 0 Å². The lowest BCUT2D eigenvalue weighted by Gasteiger charge is -2.13. The minimum absolute atomic E-state index is 0.679. The first-order valence-electron chi connectivity index (χ1n) is 6.87. The highest BCUT2D eigenvalue weighted by atomic mass is 16.5. The molecule has 1 aromatic heterocycles. The van der Waals surface area contributed by atoms with Gasteiger partial charge in [0.2, 0.25) is 5.88 Å². The van der Waals surface area contributed by atoms with Crippen molar-refractivity contribution in [1.82, 2.24) is 10.3 Å². The van der Waals surface area contributed by atoms with Crippen molar-refractivity contribution >= 4 is 0 Å². The zero-order chi connectivity index (χ0) is 14.7. The molecule has 2 rings (SSSR count). The van der Waals surface area contributed by atoms with Gasteiger partial charge in [-0.2, -0.15) is 0 Å². The van der Waals surface area contributed by atoms with E-state index in [0.717, 1.165) is 29.0 Å². The molecule has 0 fully saturated rings. The molecule has 0 bridgehead atoms. The molecule has 1 heterocycles. The zero-order valence-corrected chi connectivity index (χ0v) is 12.9. The molecule has 3 heteroatoms. The number of hydrogen-bond donors (Lipinski definition) is 1. The van der Waals surface area contributed by atoms with Crippen LogP contribution in [-0.2, 0) is 6.54 Å². The smallest absolute Gasteiger partial charge is 0.222 e. The summed E-state index contributed by atoms with van der Waals surface area (Å²) < 4.78 is 6.00. The third kappa shape index (κ3) is 3.17. The molecule has 106 valence electrons. The quantitative estimate of drug-likeness (QED) is 0.917. The van der Waals surface area contributed by atoms with E-state index in [1.807, 2.05) is 20.2 Å². The Kier molecular flexibility index (Phi) is 4.40. The maximum Gasteiger partial charge on any atom is 0.222 e. The highest BCUT2D eigenvalue weighted by molar-refractivity contribution is 5.44. The summed E-state index contributed by atoms with van der Waals surface area (Å²) in [5.74, 6) is 1.57. The Morgan fingerprint density at radius 3 is 2.45 bits per heavy atom. The normalized spacial score (nSPS) is 10.7. The van der Waals surface area contributed by atoms with Gasteiger partial charge in [0.25, 0.3) is 0 Å². The van der Waals surface area contributed by atoms with E-state index >= 15 is 0 Å². The predicted octanol–water partition coefficient (Wildman–Crippen LogP) is 3.83. The monoisotopic (exact) mass is 270 g/mol. The van der Waals surface area contributed by atoms with E-state index in [1.165, 1.54) is 11.1 Å². The van der Waals surface area contributed by atoms with Gasteiger partial charge in [0, 0.05) is 18.3 Å². The third-order valence-electron chi connectivity index (χ3n) is 3.44. The Morgan fingerprint density at radius 2 is 1.80 bits per heavy atom. The first-order chi connectivity index (χ1) is 9.51. The van der Waals surface area contributed by atoms with E-state index in [4.69, 9.17) is 4.74 Å². The number of aromatic nitrogens is 1. The summed E-state index contributed by atoms with van der Waals surface area (Å²) in [6.07, 6.45) is 1.86. The fraction of sp³-hybridized carbons (Fsp3) is 0.353. The Morgan fingerprint density at radius 1 is 1.05 bits per heavy atom. The molecule has 0 aliphatic carbocycles. The molecule has 1 N–H and O–H groups in total. The minimum Gasteiger partial charge on any atom is -0.438 e. The molecule has 0 aliphatic heterocycles. The second kappa shape index (κ2) is 6.06. The molecule has 0 radical (unpaired) electrons. The molecule has 3 nitrogen and oxygen atoms in total. The van der Waals surface area contributed by atoms with E-state index in [0.29, 0.717) is 5.88 Å². The van der Waals surface area contributed by atoms with Crippen molar-refractivity contribution in [2.75, 3.05) is 7.05 Å². The van der Waals surface area contributed by atoms with Gasteiger partial charge in [-0.25, -0.2) is 4.98 Å². The van der Waals surface area contributed by atoms with Gasteiger partial charge in [-0.05, 0) is 69.1 Å². The molecular formula is C17H22N2O. The third-order valence-corrected chi connectivity index (χ3v) is 3.44. The molecule has 2 aromatic rings. The van der Waals surface area contributed by atoms with Crippen LogP contribution in [0.3, 0.4) is 0 Å². The Balaban J connectivity index is 2.31. The number of ether oxygens (including phenoxy) is 1. The van der Waals surface area contributed by atoms with Crippen molar-refractivity contribution in [2.24, 2.45) is 0 Å². The molecule has 0 atom stereocenters. The Hall–Kier alpha value is -1.87. The number of pyridine rings is 1. The van der Waals surface area contributed by atoms with Crippen LogP contribution in [0.1, 0.15) is 27.8 Å². The molecule has 0 spiro atoms. The van der Waals surface area contributed by atoms with Crippen molar-refractivity contribution in [3.05, 3.63) is 52.2 Å². The first kappa shape index (κ1) is 14.5. The summed E-state index contributed by atoms with van der Waals surface area (Å²) in [6.45, 7) is 9.10. The number of benzene rings is 1. The summed E-state index contributed by atoms with van der Waals surface area (Å²) in [7, 11) is 1.93. The number of rotatable bonds is 4. The van der Waals surface area contributed by atoms with Crippen LogP contribution in [-0.4, -0.2) is 12.0 Å². The van der Waals surface area contributed by atoms with Crippen LogP contribution in [0, 0.1) is 27.7 Å². The van der Waals surface area contributed by atoms with Gasteiger partial charge in [-0.3, -0.25) is 0 Å². The van der Waals surface area contributed by atoms with E-state index in [2.05, 4.69) is 49.3 Å². The standard InChI is InChI=1S/C17H22N2O/c1-11-6-12(2)14(4)16(7-11)20-17-13(3)8-15(9-18-5)10-19-17/h6-8,10,18H,9H2,1-5H3. The maximum atomic E-state index is 6.00. The fourth-order valence-electron chi connectivity index (χ4n) is 2.24. The number of nitrogens with zero attached hydrogens (tertiary/aromatic N) is 1. The fourth-order valence-corrected chi connectivity index (χ4v) is 2.24. The molecular weight excluding hydrogens is 248 g/mol. The van der Waals surface area contributed by atoms with Crippen LogP contribution in [0.15, 0.2) is 24.4 Å². The molecule has 0 unspecified atom stereocenters. The van der Waals surface area contributed by atoms with Crippen LogP contribution in [0.4, 0.5) is 0 Å². The van der Waals surface area contributed by atoms with E-state index in [9.17, 15) is 0 Å². The molecule has 1 aromatic carbocycles. The Bertz CT molecular complexity index is 621. The van der Waals surface area contributed by atoms with Gasteiger partial charge in [0.15, 0.2) is 0 Å². The van der Waals surface area contributed by atoms with Crippen LogP contribution in [0.2, 0.25) is 0 Å². The number of nitrogens with one attached hydrogen (secondary N) is 1. The van der Waals surface area contributed by atoms with Crippen molar-refractivity contribution in [3.8, 4) is 11.6 Å². The van der Waals surface area contributed by atoms with Crippen LogP contribution in [0.25, 0.3) is 0 Å². The molecule has 0 saturated carbocycles. The van der Waals surface area contributed by atoms with Gasteiger partial charge < -0.3 is 10.1 Å². The molecule has 0 saturated heterocycles. The average Bonchev–Trinajstić information content (AvgIpc) is 2.38. The molecule has 0 aliphatic rings. The van der Waals surface area contributed by atoms with E-state index in [1.54, 1.807) is 0 Å². The largest absolute Gasteiger partial charge is 0.438 e. The molecule has 20 heavy (non-hydrogen) atoms. The van der Waals surface area contributed by atoms with Crippen LogP contribution in [0.5, 0.6) is 11.6 Å². The van der Waals surface area contributed by atoms with Crippen molar-refractivity contribution in [1.29, 1.82) is 0 Å².